The van der Waals surface area contributed by atoms with E-state index in [1.54, 1.807) is 0 Å². The molecule has 148 valence electrons. The normalized spacial score (nSPS) is 9.41. The van der Waals surface area contributed by atoms with Crippen molar-refractivity contribution >= 4 is 33.7 Å². The van der Waals surface area contributed by atoms with Crippen LogP contribution in [0.2, 0.25) is 0 Å². The fourth-order valence-corrected chi connectivity index (χ4v) is 2.64. The number of aryl methyl sites for hydroxylation is 4. The molecule has 7 heteroatoms. The Balaban J connectivity index is 0.000000646. The molecule has 0 fully saturated rings. The van der Waals surface area contributed by atoms with Crippen molar-refractivity contribution in [2.24, 2.45) is 0 Å². The monoisotopic (exact) mass is 462 g/mol. The van der Waals surface area contributed by atoms with Gasteiger partial charge in [0.2, 0.25) is 0 Å². The molecule has 0 saturated heterocycles. The maximum absolute atomic E-state index is 9.00. The Kier molecular flexibility index (Phi) is 9.77. The Labute approximate surface area is 172 Å². The number of pyridine rings is 2. The third-order valence-corrected chi connectivity index (χ3v) is 3.43. The van der Waals surface area contributed by atoms with E-state index in [2.05, 4.69) is 48.1 Å². The summed E-state index contributed by atoms with van der Waals surface area (Å²) in [5.41, 5.74) is 6.68. The number of carboxylic acids is 2. The van der Waals surface area contributed by atoms with E-state index in [1.165, 1.54) is 21.9 Å². The van der Waals surface area contributed by atoms with E-state index in [4.69, 9.17) is 19.8 Å². The van der Waals surface area contributed by atoms with Gasteiger partial charge in [-0.2, -0.15) is 0 Å². The molecule has 1 aromatic carbocycles. The molecule has 0 saturated carbocycles. The Bertz CT molecular complexity index is 885. The summed E-state index contributed by atoms with van der Waals surface area (Å²) in [6, 6.07) is 8.56. The van der Waals surface area contributed by atoms with Gasteiger partial charge in [-0.15, -0.1) is 0 Å². The third-order valence-electron chi connectivity index (χ3n) is 3.43. The minimum Gasteiger partial charge on any atom is -0.481 e. The van der Waals surface area contributed by atoms with Gasteiger partial charge in [0.15, 0.2) is 0 Å². The zero-order valence-corrected chi connectivity index (χ0v) is 17.8. The van der Waals surface area contributed by atoms with Crippen LogP contribution < -0.4 is 0 Å². The largest absolute Gasteiger partial charge is 0.481 e. The van der Waals surface area contributed by atoms with Crippen LogP contribution in [-0.4, -0.2) is 32.1 Å². The molecule has 3 rings (SSSR count). The number of nitrogens with zero attached hydrogens (tertiary/aromatic N) is 2. The van der Waals surface area contributed by atoms with Crippen molar-refractivity contribution in [2.75, 3.05) is 0 Å². The van der Waals surface area contributed by atoms with Crippen molar-refractivity contribution in [3.8, 4) is 0 Å². The quantitative estimate of drug-likeness (QED) is 0.383. The summed E-state index contributed by atoms with van der Waals surface area (Å²) >= 11 is 0. The summed E-state index contributed by atoms with van der Waals surface area (Å²) in [6.07, 6.45) is 0. The minimum absolute atomic E-state index is 0. The second kappa shape index (κ2) is 10.7. The fourth-order valence-electron chi connectivity index (χ4n) is 2.64. The Hall–Kier alpha value is -2.36. The number of hydrogen-bond donors (Lipinski definition) is 2. The van der Waals surface area contributed by atoms with Crippen LogP contribution in [0.3, 0.4) is 0 Å². The molecule has 0 aliphatic carbocycles. The van der Waals surface area contributed by atoms with Gasteiger partial charge in [-0.1, -0.05) is 12.1 Å². The Morgan fingerprint density at radius 1 is 0.741 bits per heavy atom. The number of hydrogen-bond acceptors (Lipinski definition) is 4. The number of carbonyl (C=O) groups is 2. The first-order valence-corrected chi connectivity index (χ1v) is 8.07. The molecule has 0 radical (unpaired) electrons. The van der Waals surface area contributed by atoms with Crippen LogP contribution >= 0.6 is 0 Å². The van der Waals surface area contributed by atoms with Crippen molar-refractivity contribution in [2.45, 2.75) is 41.5 Å². The topological polar surface area (TPSA) is 100 Å². The fraction of sp³-hybridized carbons (Fsp3) is 0.300. The summed E-state index contributed by atoms with van der Waals surface area (Å²) in [6.45, 7) is 10.5. The average molecular weight is 463 g/mol. The van der Waals surface area contributed by atoms with Gasteiger partial charge in [-0.05, 0) is 51.0 Å². The molecule has 6 nitrogen and oxygen atoms in total. The van der Waals surface area contributed by atoms with E-state index in [0.717, 1.165) is 36.3 Å². The first kappa shape index (κ1) is 24.6. The summed E-state index contributed by atoms with van der Waals surface area (Å²) in [7, 11) is 0. The molecule has 0 spiro atoms. The van der Waals surface area contributed by atoms with E-state index in [1.807, 2.05) is 13.8 Å². The molecule has 2 aromatic heterocycles. The van der Waals surface area contributed by atoms with Crippen LogP contribution in [0.1, 0.15) is 36.4 Å². The van der Waals surface area contributed by atoms with Crippen LogP contribution in [0.25, 0.3) is 21.8 Å². The van der Waals surface area contributed by atoms with Crippen molar-refractivity contribution in [3.05, 3.63) is 46.8 Å². The van der Waals surface area contributed by atoms with Gasteiger partial charge >= 0.3 is 0 Å². The number of fused-ring (bicyclic) bond motifs is 3. The second-order valence-electron chi connectivity index (χ2n) is 6.06. The molecule has 3 aromatic rings. The number of carboxylic acid groups (broad SMARTS) is 2. The van der Waals surface area contributed by atoms with Crippen molar-refractivity contribution in [1.82, 2.24) is 9.97 Å². The molecule has 0 aliphatic heterocycles. The maximum Gasteiger partial charge on any atom is 0.300 e. The van der Waals surface area contributed by atoms with Gasteiger partial charge in [-0.25, -0.2) is 0 Å². The molecule has 27 heavy (non-hydrogen) atoms. The zero-order valence-electron chi connectivity index (χ0n) is 16.2. The smallest absolute Gasteiger partial charge is 0.300 e. The second-order valence-corrected chi connectivity index (χ2v) is 6.06. The number of rotatable bonds is 0. The molecular weight excluding hydrogens is 439 g/mol. The van der Waals surface area contributed by atoms with Crippen LogP contribution in [0.15, 0.2) is 24.3 Å². The molecule has 0 amide bonds. The van der Waals surface area contributed by atoms with Crippen LogP contribution in [0, 0.1) is 27.7 Å². The summed E-state index contributed by atoms with van der Waals surface area (Å²) in [5, 5.41) is 17.2. The van der Waals surface area contributed by atoms with Crippen molar-refractivity contribution in [3.63, 3.8) is 0 Å². The molecule has 0 unspecified atom stereocenters. The van der Waals surface area contributed by atoms with Gasteiger partial charge in [0.05, 0.1) is 11.0 Å². The Morgan fingerprint density at radius 3 is 1.26 bits per heavy atom. The first-order valence-electron chi connectivity index (χ1n) is 8.07. The number of benzene rings is 1. The predicted molar refractivity (Wildman–Crippen MR) is 103 cm³/mol. The van der Waals surface area contributed by atoms with Gasteiger partial charge in [0.25, 0.3) is 11.9 Å². The first-order chi connectivity index (χ1) is 12.0. The summed E-state index contributed by atoms with van der Waals surface area (Å²) < 4.78 is 0. The molecular formula is C20H24N2O4Pd. The predicted octanol–water partition coefficient (Wildman–Crippen LogP) is 4.20. The molecule has 2 N–H and O–H groups in total. The van der Waals surface area contributed by atoms with E-state index >= 15 is 0 Å². The van der Waals surface area contributed by atoms with E-state index < -0.39 is 11.9 Å². The SMILES string of the molecule is CC(=O)O.CC(=O)O.Cc1cc(C)c2ccc3c(C)cc(C)nc3c2n1.[Pd]. The number of aromatic nitrogens is 2. The van der Waals surface area contributed by atoms with Crippen LogP contribution in [0.5, 0.6) is 0 Å². The third kappa shape index (κ3) is 7.42. The van der Waals surface area contributed by atoms with Crippen LogP contribution in [-0.2, 0) is 30.0 Å². The van der Waals surface area contributed by atoms with Gasteiger partial charge in [0.1, 0.15) is 0 Å². The van der Waals surface area contributed by atoms with Gasteiger partial charge in [-0.3, -0.25) is 19.6 Å². The van der Waals surface area contributed by atoms with Crippen LogP contribution in [0.4, 0.5) is 0 Å². The van der Waals surface area contributed by atoms with Crippen molar-refractivity contribution < 1.29 is 40.2 Å². The molecule has 0 bridgehead atoms. The molecule has 2 heterocycles. The standard InChI is InChI=1S/C16H16N2.2C2H4O2.Pd/c1-9-7-11(3)17-15-13(9)5-6-14-10(2)8-12(4)18-16(14)15;2*1-2(3)4;/h5-8H,1-4H3;2*1H3,(H,3,4);. The average Bonchev–Trinajstić information content (AvgIpc) is 2.45. The van der Waals surface area contributed by atoms with Crippen molar-refractivity contribution in [1.29, 1.82) is 0 Å². The Morgan fingerprint density at radius 2 is 1.00 bits per heavy atom. The zero-order chi connectivity index (χ0) is 20.0. The van der Waals surface area contributed by atoms with Gasteiger partial charge < -0.3 is 10.2 Å². The summed E-state index contributed by atoms with van der Waals surface area (Å²) in [4.78, 5) is 27.4. The number of aliphatic carboxylic acids is 2. The molecule has 0 aliphatic rings. The van der Waals surface area contributed by atoms with E-state index in [9.17, 15) is 0 Å². The minimum atomic E-state index is -0.833. The van der Waals surface area contributed by atoms with E-state index in [0.29, 0.717) is 0 Å². The van der Waals surface area contributed by atoms with E-state index in [-0.39, 0.29) is 20.4 Å². The van der Waals surface area contributed by atoms with Gasteiger partial charge in [0, 0.05) is 56.4 Å². The molecule has 0 atom stereocenters. The summed E-state index contributed by atoms with van der Waals surface area (Å²) in [5.74, 6) is -1.67. The maximum atomic E-state index is 9.00.